The molecule has 2 aromatic rings. The zero-order valence-corrected chi connectivity index (χ0v) is 14.4. The summed E-state index contributed by atoms with van der Waals surface area (Å²) in [5.41, 5.74) is 2.21. The van der Waals surface area contributed by atoms with E-state index in [1.807, 2.05) is 41.4 Å². The SMILES string of the molecule is CC1(C)CC(=O)N(C/C=C/c2ccccc2)N1Cc1ccccc1. The number of nitrogens with zero attached hydrogens (tertiary/aromatic N) is 2. The first-order chi connectivity index (χ1) is 11.6. The number of amides is 1. The quantitative estimate of drug-likeness (QED) is 0.827. The minimum Gasteiger partial charge on any atom is -0.273 e. The summed E-state index contributed by atoms with van der Waals surface area (Å²) in [6.45, 7) is 5.62. The van der Waals surface area contributed by atoms with Crippen LogP contribution < -0.4 is 0 Å². The van der Waals surface area contributed by atoms with Crippen molar-refractivity contribution >= 4 is 12.0 Å². The zero-order valence-electron chi connectivity index (χ0n) is 14.4. The molecule has 1 aliphatic heterocycles. The van der Waals surface area contributed by atoms with Gasteiger partial charge in [-0.1, -0.05) is 72.8 Å². The van der Waals surface area contributed by atoms with Gasteiger partial charge in [0.2, 0.25) is 5.91 Å². The lowest BCUT2D eigenvalue weighted by molar-refractivity contribution is -0.140. The Bertz CT molecular complexity index is 707. The summed E-state index contributed by atoms with van der Waals surface area (Å²) in [6.07, 6.45) is 4.69. The molecule has 1 heterocycles. The van der Waals surface area contributed by atoms with E-state index < -0.39 is 0 Å². The highest BCUT2D eigenvalue weighted by molar-refractivity contribution is 5.79. The molecular weight excluding hydrogens is 296 g/mol. The Labute approximate surface area is 144 Å². The van der Waals surface area contributed by atoms with Gasteiger partial charge in [0.15, 0.2) is 0 Å². The Hall–Kier alpha value is -2.39. The average Bonchev–Trinajstić information content (AvgIpc) is 2.79. The Kier molecular flexibility index (Phi) is 4.81. The third-order valence-corrected chi connectivity index (χ3v) is 4.43. The smallest absolute Gasteiger partial charge is 0.239 e. The molecule has 3 rings (SSSR count). The number of hydrazine groups is 1. The molecule has 1 saturated heterocycles. The first-order valence-corrected chi connectivity index (χ1v) is 8.40. The summed E-state index contributed by atoms with van der Waals surface area (Å²) in [7, 11) is 0. The van der Waals surface area contributed by atoms with Gasteiger partial charge in [0, 0.05) is 18.5 Å². The van der Waals surface area contributed by atoms with E-state index in [2.05, 4.69) is 55.3 Å². The number of rotatable bonds is 5. The number of hydrogen-bond donors (Lipinski definition) is 0. The molecule has 1 amide bonds. The van der Waals surface area contributed by atoms with Crippen LogP contribution in [0.15, 0.2) is 66.7 Å². The van der Waals surface area contributed by atoms with E-state index in [9.17, 15) is 4.79 Å². The zero-order chi connectivity index (χ0) is 17.0. The van der Waals surface area contributed by atoms with Crippen molar-refractivity contribution in [2.75, 3.05) is 6.54 Å². The van der Waals surface area contributed by atoms with Gasteiger partial charge in [0.25, 0.3) is 0 Å². The second-order valence-electron chi connectivity index (χ2n) is 6.82. The third kappa shape index (κ3) is 3.74. The van der Waals surface area contributed by atoms with E-state index in [0.717, 1.165) is 12.1 Å². The molecule has 24 heavy (non-hydrogen) atoms. The molecule has 0 aliphatic carbocycles. The minimum absolute atomic E-state index is 0.159. The van der Waals surface area contributed by atoms with Gasteiger partial charge in [-0.2, -0.15) is 0 Å². The molecule has 3 nitrogen and oxygen atoms in total. The normalized spacial score (nSPS) is 17.8. The van der Waals surface area contributed by atoms with Crippen LogP contribution >= 0.6 is 0 Å². The molecule has 2 aromatic carbocycles. The van der Waals surface area contributed by atoms with Crippen LogP contribution in [0.25, 0.3) is 6.08 Å². The van der Waals surface area contributed by atoms with Crippen LogP contribution in [0.5, 0.6) is 0 Å². The second kappa shape index (κ2) is 7.02. The highest BCUT2D eigenvalue weighted by atomic mass is 16.2. The van der Waals surface area contributed by atoms with Crippen molar-refractivity contribution in [3.63, 3.8) is 0 Å². The molecule has 0 spiro atoms. The van der Waals surface area contributed by atoms with Crippen molar-refractivity contribution in [1.29, 1.82) is 0 Å². The number of carbonyl (C=O) groups is 1. The highest BCUT2D eigenvalue weighted by Gasteiger charge is 2.42. The van der Waals surface area contributed by atoms with Crippen LogP contribution in [-0.4, -0.2) is 28.0 Å². The Morgan fingerprint density at radius 3 is 2.29 bits per heavy atom. The van der Waals surface area contributed by atoms with Gasteiger partial charge < -0.3 is 0 Å². The lowest BCUT2D eigenvalue weighted by atomic mass is 10.0. The Balaban J connectivity index is 1.74. The molecular formula is C21H24N2O. The van der Waals surface area contributed by atoms with Crippen molar-refractivity contribution in [1.82, 2.24) is 10.0 Å². The maximum absolute atomic E-state index is 12.5. The van der Waals surface area contributed by atoms with Gasteiger partial charge in [-0.15, -0.1) is 0 Å². The summed E-state index contributed by atoms with van der Waals surface area (Å²) in [6, 6.07) is 20.5. The second-order valence-corrected chi connectivity index (χ2v) is 6.82. The molecule has 0 N–H and O–H groups in total. The minimum atomic E-state index is -0.159. The molecule has 1 fully saturated rings. The molecule has 1 aliphatic rings. The number of benzene rings is 2. The first kappa shape index (κ1) is 16.5. The highest BCUT2D eigenvalue weighted by Crippen LogP contribution is 2.31. The van der Waals surface area contributed by atoms with Crippen LogP contribution in [0, 0.1) is 0 Å². The van der Waals surface area contributed by atoms with Crippen LogP contribution in [-0.2, 0) is 11.3 Å². The average molecular weight is 320 g/mol. The van der Waals surface area contributed by atoms with Crippen molar-refractivity contribution in [3.05, 3.63) is 77.9 Å². The molecule has 0 saturated carbocycles. The van der Waals surface area contributed by atoms with Gasteiger partial charge in [0.1, 0.15) is 0 Å². The van der Waals surface area contributed by atoms with Crippen molar-refractivity contribution < 1.29 is 4.79 Å². The fourth-order valence-corrected chi connectivity index (χ4v) is 3.12. The molecule has 0 unspecified atom stereocenters. The van der Waals surface area contributed by atoms with Crippen LogP contribution in [0.4, 0.5) is 0 Å². The van der Waals surface area contributed by atoms with Gasteiger partial charge in [0.05, 0.1) is 6.54 Å². The molecule has 0 radical (unpaired) electrons. The predicted octanol–water partition coefficient (Wildman–Crippen LogP) is 4.13. The van der Waals surface area contributed by atoms with E-state index in [0.29, 0.717) is 13.0 Å². The number of hydrogen-bond acceptors (Lipinski definition) is 2. The van der Waals surface area contributed by atoms with Gasteiger partial charge in [-0.3, -0.25) is 9.80 Å². The van der Waals surface area contributed by atoms with E-state index in [4.69, 9.17) is 0 Å². The van der Waals surface area contributed by atoms with Gasteiger partial charge in [-0.25, -0.2) is 5.01 Å². The summed E-state index contributed by atoms with van der Waals surface area (Å²) >= 11 is 0. The van der Waals surface area contributed by atoms with E-state index in [1.165, 1.54) is 5.56 Å². The fraction of sp³-hybridized carbons (Fsp3) is 0.286. The van der Waals surface area contributed by atoms with Gasteiger partial charge >= 0.3 is 0 Å². The summed E-state index contributed by atoms with van der Waals surface area (Å²) < 4.78 is 0. The molecule has 3 heteroatoms. The largest absolute Gasteiger partial charge is 0.273 e. The monoisotopic (exact) mass is 320 g/mol. The first-order valence-electron chi connectivity index (χ1n) is 8.40. The molecule has 0 aromatic heterocycles. The lowest BCUT2D eigenvalue weighted by Crippen LogP contribution is -2.46. The summed E-state index contributed by atoms with van der Waals surface area (Å²) in [5.74, 6) is 0.189. The fourth-order valence-electron chi connectivity index (χ4n) is 3.12. The van der Waals surface area contributed by atoms with Gasteiger partial charge in [-0.05, 0) is 25.0 Å². The maximum atomic E-state index is 12.5. The van der Waals surface area contributed by atoms with E-state index in [1.54, 1.807) is 0 Å². The van der Waals surface area contributed by atoms with Crippen molar-refractivity contribution in [2.45, 2.75) is 32.4 Å². The van der Waals surface area contributed by atoms with Crippen molar-refractivity contribution in [2.24, 2.45) is 0 Å². The Morgan fingerprint density at radius 2 is 1.62 bits per heavy atom. The van der Waals surface area contributed by atoms with Crippen LogP contribution in [0.1, 0.15) is 31.4 Å². The molecule has 0 atom stereocenters. The van der Waals surface area contributed by atoms with E-state index in [-0.39, 0.29) is 11.4 Å². The third-order valence-electron chi connectivity index (χ3n) is 4.43. The topological polar surface area (TPSA) is 23.6 Å². The lowest BCUT2D eigenvalue weighted by Gasteiger charge is -2.36. The molecule has 0 bridgehead atoms. The van der Waals surface area contributed by atoms with E-state index >= 15 is 0 Å². The number of carbonyl (C=O) groups excluding carboxylic acids is 1. The summed E-state index contributed by atoms with van der Waals surface area (Å²) in [4.78, 5) is 12.5. The summed E-state index contributed by atoms with van der Waals surface area (Å²) in [5, 5.41) is 4.08. The molecule has 124 valence electrons. The standard InChI is InChI=1S/C21H24N2O/c1-21(2)16-20(24)22(15-9-14-18-10-5-3-6-11-18)23(21)17-19-12-7-4-8-13-19/h3-14H,15-17H2,1-2H3/b14-9+. The Morgan fingerprint density at radius 1 is 1.00 bits per heavy atom. The predicted molar refractivity (Wildman–Crippen MR) is 97.9 cm³/mol. The van der Waals surface area contributed by atoms with Crippen molar-refractivity contribution in [3.8, 4) is 0 Å². The van der Waals surface area contributed by atoms with Crippen LogP contribution in [0.3, 0.4) is 0 Å². The maximum Gasteiger partial charge on any atom is 0.239 e. The van der Waals surface area contributed by atoms with Crippen LogP contribution in [0.2, 0.25) is 0 Å².